The van der Waals surface area contributed by atoms with Gasteiger partial charge in [-0.3, -0.25) is 9.69 Å². The Morgan fingerprint density at radius 3 is 2.56 bits per heavy atom. The number of benzene rings is 2. The maximum Gasteiger partial charge on any atom is 0.160 e. The van der Waals surface area contributed by atoms with Gasteiger partial charge in [-0.1, -0.05) is 31.2 Å². The number of alkyl halides is 1. The lowest BCUT2D eigenvalue weighted by atomic mass is 9.89. The van der Waals surface area contributed by atoms with Gasteiger partial charge in [0.1, 0.15) is 11.6 Å². The lowest BCUT2D eigenvalue weighted by Gasteiger charge is -2.38. The number of rotatable bonds is 5. The number of ether oxygens (including phenoxy) is 1. The van der Waals surface area contributed by atoms with Crippen molar-refractivity contribution < 1.29 is 18.3 Å². The van der Waals surface area contributed by atoms with Crippen molar-refractivity contribution >= 4 is 17.2 Å². The van der Waals surface area contributed by atoms with Crippen LogP contribution in [0, 0.1) is 5.82 Å². The molecule has 0 amide bonds. The van der Waals surface area contributed by atoms with Crippen molar-refractivity contribution in [2.45, 2.75) is 58.3 Å². The molecule has 0 radical (unpaired) electrons. The lowest BCUT2D eigenvalue weighted by Crippen LogP contribution is -2.40. The van der Waals surface area contributed by atoms with Gasteiger partial charge in [-0.25, -0.2) is 8.78 Å². The van der Waals surface area contributed by atoms with Crippen LogP contribution in [-0.4, -0.2) is 41.5 Å². The minimum absolute atomic E-state index is 0.124. The number of hydrogen-bond acceptors (Lipinski definition) is 3. The van der Waals surface area contributed by atoms with Crippen LogP contribution in [0.15, 0.2) is 42.5 Å². The molecule has 0 saturated carbocycles. The number of H-pyrrole nitrogens is 1. The fourth-order valence-corrected chi connectivity index (χ4v) is 3.99. The third kappa shape index (κ3) is 5.18. The number of likely N-dealkylation sites (N-methyl/N-ethyl adjacent to an activating group) is 1. The lowest BCUT2D eigenvalue weighted by molar-refractivity contribution is -0.115. The molecule has 1 aromatic heterocycles. The third-order valence-electron chi connectivity index (χ3n) is 5.74. The Morgan fingerprint density at radius 2 is 1.94 bits per heavy atom. The molecule has 4 rings (SSSR count). The van der Waals surface area contributed by atoms with Gasteiger partial charge in [-0.2, -0.15) is 0 Å². The zero-order valence-corrected chi connectivity index (χ0v) is 19.4. The number of nitrogens with one attached hydrogen (secondary N) is 1. The first-order valence-corrected chi connectivity index (χ1v) is 11.0. The van der Waals surface area contributed by atoms with Crippen molar-refractivity contribution in [1.29, 1.82) is 0 Å². The highest BCUT2D eigenvalue weighted by molar-refractivity contribution is 5.85. The molecule has 2 aromatic carbocycles. The van der Waals surface area contributed by atoms with E-state index in [9.17, 15) is 13.6 Å². The molecule has 1 aliphatic rings. The van der Waals surface area contributed by atoms with Crippen LogP contribution in [0.4, 0.5) is 8.78 Å². The minimum atomic E-state index is -1.64. The van der Waals surface area contributed by atoms with Gasteiger partial charge in [-0.05, 0) is 58.4 Å². The second kappa shape index (κ2) is 9.82. The highest BCUT2D eigenvalue weighted by Gasteiger charge is 2.34. The van der Waals surface area contributed by atoms with Crippen LogP contribution in [0.1, 0.15) is 57.0 Å². The number of hydrogen-bond donors (Lipinski definition) is 1. The number of aldehydes is 1. The highest BCUT2D eigenvalue weighted by atomic mass is 19.1. The summed E-state index contributed by atoms with van der Waals surface area (Å²) >= 11 is 0. The van der Waals surface area contributed by atoms with Crippen LogP contribution in [0.5, 0.6) is 5.75 Å². The smallest absolute Gasteiger partial charge is 0.160 e. The molecule has 4 nitrogen and oxygen atoms in total. The summed E-state index contributed by atoms with van der Waals surface area (Å²) in [5, 5.41) is 1.25. The monoisotopic (exact) mass is 442 g/mol. The number of carbonyl (C=O) groups excluding carboxylic acids is 1. The van der Waals surface area contributed by atoms with Crippen molar-refractivity contribution in [1.82, 2.24) is 9.88 Å². The average molecular weight is 443 g/mol. The van der Waals surface area contributed by atoms with Gasteiger partial charge in [0.25, 0.3) is 0 Å². The maximum absolute atomic E-state index is 15.0. The Labute approximate surface area is 188 Å². The van der Waals surface area contributed by atoms with E-state index >= 15 is 0 Å². The predicted octanol–water partition coefficient (Wildman–Crippen LogP) is 6.00. The van der Waals surface area contributed by atoms with Crippen molar-refractivity contribution in [3.05, 3.63) is 65.1 Å². The first-order chi connectivity index (χ1) is 15.2. The van der Waals surface area contributed by atoms with E-state index in [1.54, 1.807) is 0 Å². The van der Waals surface area contributed by atoms with Crippen LogP contribution >= 0.6 is 0 Å². The van der Waals surface area contributed by atoms with Crippen molar-refractivity contribution in [2.24, 2.45) is 0 Å². The summed E-state index contributed by atoms with van der Waals surface area (Å²) in [5.74, 6) is 0.380. The van der Waals surface area contributed by atoms with E-state index in [-0.39, 0.29) is 18.1 Å². The number of nitrogens with zero attached hydrogens (tertiary/aromatic N) is 1. The Bertz CT molecular complexity index is 1070. The molecule has 1 aliphatic heterocycles. The van der Waals surface area contributed by atoms with Crippen molar-refractivity contribution in [3.63, 3.8) is 0 Å². The minimum Gasteiger partial charge on any atom is -0.494 e. The predicted molar refractivity (Wildman–Crippen MR) is 125 cm³/mol. The average Bonchev–Trinajstić information content (AvgIpc) is 3.12. The first-order valence-electron chi connectivity index (χ1n) is 11.0. The van der Waals surface area contributed by atoms with Gasteiger partial charge in [0.15, 0.2) is 12.0 Å². The van der Waals surface area contributed by atoms with E-state index in [1.165, 1.54) is 30.9 Å². The molecular formula is C26H32F2N2O2. The summed E-state index contributed by atoms with van der Waals surface area (Å²) in [7, 11) is 2.07. The normalized spacial score (nSPS) is 18.6. The number of halogens is 2. The molecule has 2 heterocycles. The van der Waals surface area contributed by atoms with Crippen molar-refractivity contribution in [3.8, 4) is 5.75 Å². The Hall–Kier alpha value is -2.73. The standard InChI is InChI=1S/C22H25FN2O.C4H7FO/c1-4-11-26-15-9-10-17(19(23)13-15)22-21-18(12-14(2)25(22)3)16-7-5-6-8-20(16)24-21;1-4(2,5)3-6/h5-10,13-14,22,24H,4,11-12H2,1-3H3;3H,1-2H3/t14-,22+;/m1./s1. The Balaban J connectivity index is 0.000000427. The van der Waals surface area contributed by atoms with Crippen LogP contribution in [0.2, 0.25) is 0 Å². The van der Waals surface area contributed by atoms with Gasteiger partial charge in [0.05, 0.1) is 12.6 Å². The SMILES string of the molecule is CC(C)(F)C=O.CCCOc1ccc([C@H]2c3[nH]c4ccccc4c3C[C@@H](C)N2C)c(F)c1. The van der Waals surface area contributed by atoms with E-state index in [4.69, 9.17) is 4.74 Å². The number of carbonyl (C=O) groups is 1. The summed E-state index contributed by atoms with van der Waals surface area (Å²) < 4.78 is 32.3. The van der Waals surface area contributed by atoms with Gasteiger partial charge in [-0.15, -0.1) is 0 Å². The molecule has 2 atom stereocenters. The molecule has 1 N–H and O–H groups in total. The van der Waals surface area contributed by atoms with Gasteiger partial charge in [0.2, 0.25) is 0 Å². The number of para-hydroxylation sites is 1. The molecule has 0 bridgehead atoms. The zero-order valence-electron chi connectivity index (χ0n) is 19.4. The fraction of sp³-hybridized carbons (Fsp3) is 0.423. The molecular weight excluding hydrogens is 410 g/mol. The van der Waals surface area contributed by atoms with E-state index < -0.39 is 5.67 Å². The van der Waals surface area contributed by atoms with Crippen LogP contribution in [0.3, 0.4) is 0 Å². The van der Waals surface area contributed by atoms with Gasteiger partial charge >= 0.3 is 0 Å². The summed E-state index contributed by atoms with van der Waals surface area (Å²) in [5.41, 5.74) is 2.58. The second-order valence-electron chi connectivity index (χ2n) is 8.90. The molecule has 32 heavy (non-hydrogen) atoms. The molecule has 0 unspecified atom stereocenters. The highest BCUT2D eigenvalue weighted by Crippen LogP contribution is 2.41. The molecule has 6 heteroatoms. The van der Waals surface area contributed by atoms with E-state index in [2.05, 4.69) is 42.1 Å². The number of fused-ring (bicyclic) bond motifs is 3. The second-order valence-corrected chi connectivity index (χ2v) is 8.90. The molecule has 172 valence electrons. The summed E-state index contributed by atoms with van der Waals surface area (Å²) in [6.45, 7) is 7.26. The maximum atomic E-state index is 15.0. The Morgan fingerprint density at radius 1 is 1.25 bits per heavy atom. The molecule has 0 spiro atoms. The molecule has 0 aliphatic carbocycles. The Kier molecular flexibility index (Phi) is 7.34. The van der Waals surface area contributed by atoms with Gasteiger partial charge in [0, 0.05) is 34.3 Å². The molecule has 0 fully saturated rings. The van der Waals surface area contributed by atoms with Crippen LogP contribution < -0.4 is 4.74 Å². The topological polar surface area (TPSA) is 45.3 Å². The van der Waals surface area contributed by atoms with Gasteiger partial charge < -0.3 is 9.72 Å². The largest absolute Gasteiger partial charge is 0.494 e. The van der Waals surface area contributed by atoms with E-state index in [0.29, 0.717) is 24.0 Å². The fourth-order valence-electron chi connectivity index (χ4n) is 3.99. The van der Waals surface area contributed by atoms with E-state index in [0.717, 1.165) is 24.1 Å². The molecule has 3 aromatic rings. The molecule has 0 saturated heterocycles. The number of aromatic nitrogens is 1. The van der Waals surface area contributed by atoms with Crippen LogP contribution in [-0.2, 0) is 11.2 Å². The quantitative estimate of drug-likeness (QED) is 0.493. The van der Waals surface area contributed by atoms with E-state index in [1.807, 2.05) is 25.1 Å². The van der Waals surface area contributed by atoms with Crippen molar-refractivity contribution in [2.75, 3.05) is 13.7 Å². The van der Waals surface area contributed by atoms with Crippen LogP contribution in [0.25, 0.3) is 10.9 Å². The zero-order chi connectivity index (χ0) is 23.5. The number of aromatic amines is 1. The first kappa shape index (κ1) is 23.9. The summed E-state index contributed by atoms with van der Waals surface area (Å²) in [4.78, 5) is 15.3. The summed E-state index contributed by atoms with van der Waals surface area (Å²) in [6.07, 6.45) is 2.14. The third-order valence-corrected chi connectivity index (χ3v) is 5.74. The summed E-state index contributed by atoms with van der Waals surface area (Å²) in [6, 6.07) is 13.8.